The van der Waals surface area contributed by atoms with E-state index in [4.69, 9.17) is 4.74 Å². The largest absolute Gasteiger partial charge is 0.437 e. The van der Waals surface area contributed by atoms with Crippen molar-refractivity contribution in [2.24, 2.45) is 0 Å². The summed E-state index contributed by atoms with van der Waals surface area (Å²) >= 11 is 0. The SMILES string of the molecule is O=C(c1ccccn1)N1CCC[C@@H](c2nccnc2Oc2ccccc2)C1. The predicted molar refractivity (Wildman–Crippen MR) is 101 cm³/mol. The number of hydrogen-bond acceptors (Lipinski definition) is 5. The molecule has 0 N–H and O–H groups in total. The van der Waals surface area contributed by atoms with Gasteiger partial charge in [0.25, 0.3) is 5.91 Å². The number of pyridine rings is 1. The number of carbonyl (C=O) groups excluding carboxylic acids is 1. The van der Waals surface area contributed by atoms with Gasteiger partial charge in [0.1, 0.15) is 17.1 Å². The Morgan fingerprint density at radius 2 is 1.78 bits per heavy atom. The van der Waals surface area contributed by atoms with Gasteiger partial charge in [-0.3, -0.25) is 14.8 Å². The summed E-state index contributed by atoms with van der Waals surface area (Å²) in [5.41, 5.74) is 1.26. The third-order valence-corrected chi connectivity index (χ3v) is 4.63. The molecule has 0 unspecified atom stereocenters. The number of nitrogens with zero attached hydrogens (tertiary/aromatic N) is 4. The lowest BCUT2D eigenvalue weighted by molar-refractivity contribution is 0.0699. The Bertz CT molecular complexity index is 902. The second-order valence-corrected chi connectivity index (χ2v) is 6.47. The Kier molecular flexibility index (Phi) is 5.05. The van der Waals surface area contributed by atoms with Crippen LogP contribution in [0.5, 0.6) is 11.6 Å². The number of likely N-dealkylation sites (tertiary alicyclic amines) is 1. The smallest absolute Gasteiger partial charge is 0.272 e. The molecule has 3 aromatic rings. The third-order valence-electron chi connectivity index (χ3n) is 4.63. The van der Waals surface area contributed by atoms with Crippen molar-refractivity contribution >= 4 is 5.91 Å². The second-order valence-electron chi connectivity index (χ2n) is 6.47. The van der Waals surface area contributed by atoms with Gasteiger partial charge in [0.15, 0.2) is 0 Å². The van der Waals surface area contributed by atoms with Crippen molar-refractivity contribution in [2.45, 2.75) is 18.8 Å². The maximum absolute atomic E-state index is 12.7. The predicted octanol–water partition coefficient (Wildman–Crippen LogP) is 3.68. The summed E-state index contributed by atoms with van der Waals surface area (Å²) in [6.45, 7) is 1.31. The molecule has 3 heterocycles. The number of ether oxygens (including phenoxy) is 1. The molecule has 1 aliphatic heterocycles. The molecule has 1 atom stereocenters. The minimum atomic E-state index is -0.0466. The van der Waals surface area contributed by atoms with Gasteiger partial charge in [0.2, 0.25) is 5.88 Å². The quantitative estimate of drug-likeness (QED) is 0.710. The number of para-hydroxylation sites is 1. The molecule has 0 radical (unpaired) electrons. The lowest BCUT2D eigenvalue weighted by atomic mass is 9.94. The van der Waals surface area contributed by atoms with E-state index in [1.54, 1.807) is 24.7 Å². The van der Waals surface area contributed by atoms with Crippen LogP contribution in [0.3, 0.4) is 0 Å². The van der Waals surface area contributed by atoms with Crippen molar-refractivity contribution in [1.29, 1.82) is 0 Å². The van der Waals surface area contributed by atoms with Crippen LogP contribution in [0, 0.1) is 0 Å². The number of rotatable bonds is 4. The van der Waals surface area contributed by atoms with Crippen molar-refractivity contribution in [3.05, 3.63) is 78.5 Å². The van der Waals surface area contributed by atoms with Crippen LogP contribution in [-0.2, 0) is 0 Å². The van der Waals surface area contributed by atoms with E-state index >= 15 is 0 Å². The van der Waals surface area contributed by atoms with Gasteiger partial charge < -0.3 is 9.64 Å². The lowest BCUT2D eigenvalue weighted by Gasteiger charge is -2.32. The van der Waals surface area contributed by atoms with E-state index in [-0.39, 0.29) is 11.8 Å². The maximum atomic E-state index is 12.7. The highest BCUT2D eigenvalue weighted by atomic mass is 16.5. The topological polar surface area (TPSA) is 68.2 Å². The van der Waals surface area contributed by atoms with Gasteiger partial charge in [-0.15, -0.1) is 0 Å². The Morgan fingerprint density at radius 3 is 2.59 bits per heavy atom. The Hall–Kier alpha value is -3.28. The van der Waals surface area contributed by atoms with E-state index in [0.29, 0.717) is 18.1 Å². The molecule has 6 heteroatoms. The highest BCUT2D eigenvalue weighted by molar-refractivity contribution is 5.92. The molecule has 27 heavy (non-hydrogen) atoms. The maximum Gasteiger partial charge on any atom is 0.272 e. The zero-order chi connectivity index (χ0) is 18.5. The van der Waals surface area contributed by atoms with Gasteiger partial charge in [0, 0.05) is 37.6 Å². The fourth-order valence-corrected chi connectivity index (χ4v) is 3.33. The highest BCUT2D eigenvalue weighted by Crippen LogP contribution is 2.32. The van der Waals surface area contributed by atoms with Gasteiger partial charge in [0.05, 0.1) is 0 Å². The number of carbonyl (C=O) groups is 1. The fourth-order valence-electron chi connectivity index (χ4n) is 3.33. The normalized spacial score (nSPS) is 16.7. The second kappa shape index (κ2) is 7.95. The first-order valence-corrected chi connectivity index (χ1v) is 9.05. The van der Waals surface area contributed by atoms with E-state index in [2.05, 4.69) is 15.0 Å². The molecule has 1 fully saturated rings. The standard InChI is InChI=1S/C21H20N4O2/c26-21(18-10-4-5-11-22-18)25-14-6-7-16(15-25)19-20(24-13-12-23-19)27-17-8-2-1-3-9-17/h1-5,8-13,16H,6-7,14-15H2/t16-/m1/s1. The summed E-state index contributed by atoms with van der Waals surface area (Å²) in [6.07, 6.45) is 6.79. The van der Waals surface area contributed by atoms with Crippen LogP contribution in [-0.4, -0.2) is 38.8 Å². The molecule has 136 valence electrons. The van der Waals surface area contributed by atoms with Gasteiger partial charge in [-0.2, -0.15) is 0 Å². The molecule has 1 aliphatic rings. The average Bonchev–Trinajstić information content (AvgIpc) is 2.75. The highest BCUT2D eigenvalue weighted by Gasteiger charge is 2.29. The van der Waals surface area contributed by atoms with E-state index in [1.807, 2.05) is 47.4 Å². The van der Waals surface area contributed by atoms with Crippen molar-refractivity contribution in [2.75, 3.05) is 13.1 Å². The molecule has 0 spiro atoms. The molecule has 2 aromatic heterocycles. The Labute approximate surface area is 157 Å². The van der Waals surface area contributed by atoms with Gasteiger partial charge in [-0.1, -0.05) is 24.3 Å². The molecule has 1 amide bonds. The molecule has 1 aromatic carbocycles. The summed E-state index contributed by atoms with van der Waals surface area (Å²) in [6, 6.07) is 14.9. The summed E-state index contributed by atoms with van der Waals surface area (Å²) in [5.74, 6) is 1.26. The summed E-state index contributed by atoms with van der Waals surface area (Å²) in [7, 11) is 0. The zero-order valence-electron chi connectivity index (χ0n) is 14.9. The molecule has 0 saturated carbocycles. The van der Waals surface area contributed by atoms with Crippen LogP contribution < -0.4 is 4.74 Å². The van der Waals surface area contributed by atoms with E-state index in [9.17, 15) is 4.79 Å². The molecule has 1 saturated heterocycles. The first-order valence-electron chi connectivity index (χ1n) is 9.05. The van der Waals surface area contributed by atoms with Crippen LogP contribution in [0.2, 0.25) is 0 Å². The summed E-state index contributed by atoms with van der Waals surface area (Å²) in [4.78, 5) is 27.7. The van der Waals surface area contributed by atoms with Crippen LogP contribution in [0.15, 0.2) is 67.1 Å². The Balaban J connectivity index is 1.54. The third kappa shape index (κ3) is 3.95. The summed E-state index contributed by atoms with van der Waals surface area (Å²) < 4.78 is 5.95. The lowest BCUT2D eigenvalue weighted by Crippen LogP contribution is -2.39. The molecule has 4 rings (SSSR count). The number of benzene rings is 1. The average molecular weight is 360 g/mol. The van der Waals surface area contributed by atoms with Crippen molar-refractivity contribution < 1.29 is 9.53 Å². The number of amides is 1. The van der Waals surface area contributed by atoms with Crippen LogP contribution in [0.4, 0.5) is 0 Å². The van der Waals surface area contributed by atoms with Crippen molar-refractivity contribution in [1.82, 2.24) is 19.9 Å². The number of piperidine rings is 1. The zero-order valence-corrected chi connectivity index (χ0v) is 14.9. The van der Waals surface area contributed by atoms with Crippen LogP contribution in [0.1, 0.15) is 34.9 Å². The molecular weight excluding hydrogens is 340 g/mol. The van der Waals surface area contributed by atoms with Crippen LogP contribution in [0.25, 0.3) is 0 Å². The van der Waals surface area contributed by atoms with Crippen molar-refractivity contribution in [3.8, 4) is 11.6 Å². The molecule has 0 aliphatic carbocycles. The first kappa shape index (κ1) is 17.1. The molecule has 6 nitrogen and oxygen atoms in total. The monoisotopic (exact) mass is 360 g/mol. The minimum Gasteiger partial charge on any atom is -0.437 e. The van der Waals surface area contributed by atoms with Gasteiger partial charge in [-0.05, 0) is 37.1 Å². The minimum absolute atomic E-state index is 0.0466. The van der Waals surface area contributed by atoms with E-state index in [1.165, 1.54) is 0 Å². The first-order chi connectivity index (χ1) is 13.3. The fraction of sp³-hybridized carbons (Fsp3) is 0.238. The number of aromatic nitrogens is 3. The van der Waals surface area contributed by atoms with E-state index < -0.39 is 0 Å². The number of hydrogen-bond donors (Lipinski definition) is 0. The van der Waals surface area contributed by atoms with Gasteiger partial charge in [-0.25, -0.2) is 4.98 Å². The van der Waals surface area contributed by atoms with Crippen LogP contribution >= 0.6 is 0 Å². The summed E-state index contributed by atoms with van der Waals surface area (Å²) in [5, 5.41) is 0. The van der Waals surface area contributed by atoms with Gasteiger partial charge >= 0.3 is 0 Å². The Morgan fingerprint density at radius 1 is 0.963 bits per heavy atom. The molecular formula is C21H20N4O2. The molecule has 0 bridgehead atoms. The van der Waals surface area contributed by atoms with E-state index in [0.717, 1.165) is 30.8 Å². The van der Waals surface area contributed by atoms with Crippen molar-refractivity contribution in [3.63, 3.8) is 0 Å².